The van der Waals surface area contributed by atoms with Crippen molar-refractivity contribution in [1.29, 1.82) is 0 Å². The molecule has 2 rings (SSSR count). The van der Waals surface area contributed by atoms with Crippen LogP contribution in [0.2, 0.25) is 0 Å². The van der Waals surface area contributed by atoms with Gasteiger partial charge >= 0.3 is 0 Å². The van der Waals surface area contributed by atoms with Crippen LogP contribution in [0.15, 0.2) is 34.8 Å². The van der Waals surface area contributed by atoms with Gasteiger partial charge in [0, 0.05) is 13.0 Å². The molecule has 0 aliphatic rings. The lowest BCUT2D eigenvalue weighted by atomic mass is 9.93. The molecule has 0 fully saturated rings. The molecule has 0 radical (unpaired) electrons. The maximum absolute atomic E-state index is 10.4. The van der Waals surface area contributed by atoms with Crippen molar-refractivity contribution in [2.45, 2.75) is 52.2 Å². The van der Waals surface area contributed by atoms with Gasteiger partial charge in [0.2, 0.25) is 0 Å². The highest BCUT2D eigenvalue weighted by Gasteiger charge is 2.18. The number of halogens is 1. The van der Waals surface area contributed by atoms with Gasteiger partial charge in [-0.05, 0) is 47.7 Å². The third-order valence-corrected chi connectivity index (χ3v) is 4.91. The summed E-state index contributed by atoms with van der Waals surface area (Å²) in [7, 11) is 0. The summed E-state index contributed by atoms with van der Waals surface area (Å²) in [6, 6.07) is 10.3. The average molecular weight is 351 g/mol. The summed E-state index contributed by atoms with van der Waals surface area (Å²) in [6.45, 7) is 7.04. The van der Waals surface area contributed by atoms with Crippen LogP contribution in [0.5, 0.6) is 0 Å². The predicted octanol–water partition coefficient (Wildman–Crippen LogP) is 4.07. The van der Waals surface area contributed by atoms with E-state index in [9.17, 15) is 5.11 Å². The zero-order chi connectivity index (χ0) is 15.4. The fourth-order valence-electron chi connectivity index (χ4n) is 2.70. The Morgan fingerprint density at radius 1 is 1.29 bits per heavy atom. The Kier molecular flexibility index (Phi) is 5.59. The molecule has 2 aromatic rings. The molecule has 4 heteroatoms. The first-order valence-corrected chi connectivity index (χ1v) is 8.27. The van der Waals surface area contributed by atoms with Crippen molar-refractivity contribution in [2.75, 3.05) is 0 Å². The Labute approximate surface area is 135 Å². The van der Waals surface area contributed by atoms with Gasteiger partial charge in [-0.25, -0.2) is 0 Å². The maximum atomic E-state index is 10.4. The van der Waals surface area contributed by atoms with Crippen molar-refractivity contribution < 1.29 is 5.11 Å². The Hall–Kier alpha value is -1.13. The molecule has 0 aliphatic carbocycles. The molecule has 0 amide bonds. The van der Waals surface area contributed by atoms with Gasteiger partial charge in [-0.15, -0.1) is 0 Å². The lowest BCUT2D eigenvalue weighted by molar-refractivity contribution is 0.154. The zero-order valence-corrected chi connectivity index (χ0v) is 14.5. The smallest absolute Gasteiger partial charge is 0.0738 e. The summed E-state index contributed by atoms with van der Waals surface area (Å²) < 4.78 is 2.99. The van der Waals surface area contributed by atoms with Gasteiger partial charge in [0.25, 0.3) is 0 Å². The minimum Gasteiger partial charge on any atom is -0.393 e. The van der Waals surface area contributed by atoms with Gasteiger partial charge in [-0.1, -0.05) is 37.3 Å². The Morgan fingerprint density at radius 3 is 2.57 bits per heavy atom. The van der Waals surface area contributed by atoms with Gasteiger partial charge in [0.15, 0.2) is 0 Å². The highest BCUT2D eigenvalue weighted by atomic mass is 79.9. The lowest BCUT2D eigenvalue weighted by Gasteiger charge is -2.17. The van der Waals surface area contributed by atoms with Crippen LogP contribution in [0, 0.1) is 6.92 Å². The minimum atomic E-state index is -0.363. The Bertz CT molecular complexity index is 580. The van der Waals surface area contributed by atoms with E-state index in [-0.39, 0.29) is 6.10 Å². The fourth-order valence-corrected chi connectivity index (χ4v) is 3.14. The molecular weight excluding hydrogens is 328 g/mol. The molecule has 1 N–H and O–H groups in total. The number of rotatable bonds is 6. The van der Waals surface area contributed by atoms with Crippen molar-refractivity contribution in [1.82, 2.24) is 9.78 Å². The Morgan fingerprint density at radius 2 is 1.95 bits per heavy atom. The SMILES string of the molecule is CCn1nc(C)c(Br)c1CC(O)CC(C)c1ccccc1. The van der Waals surface area contributed by atoms with Gasteiger partial charge in [-0.2, -0.15) is 5.10 Å². The van der Waals surface area contributed by atoms with E-state index in [1.54, 1.807) is 0 Å². The van der Waals surface area contributed by atoms with E-state index in [0.29, 0.717) is 12.3 Å². The van der Waals surface area contributed by atoms with Crippen LogP contribution < -0.4 is 0 Å². The molecule has 0 saturated carbocycles. The molecule has 0 aliphatic heterocycles. The van der Waals surface area contributed by atoms with Crippen molar-refractivity contribution in [3.63, 3.8) is 0 Å². The van der Waals surface area contributed by atoms with Crippen LogP contribution in [0.4, 0.5) is 0 Å². The van der Waals surface area contributed by atoms with E-state index in [1.807, 2.05) is 29.8 Å². The monoisotopic (exact) mass is 350 g/mol. The molecule has 0 spiro atoms. The second kappa shape index (κ2) is 7.23. The average Bonchev–Trinajstić information content (AvgIpc) is 2.75. The van der Waals surface area contributed by atoms with Crippen LogP contribution >= 0.6 is 15.9 Å². The molecule has 0 bridgehead atoms. The van der Waals surface area contributed by atoms with Gasteiger partial charge < -0.3 is 5.11 Å². The van der Waals surface area contributed by atoms with E-state index in [0.717, 1.165) is 28.8 Å². The highest BCUT2D eigenvalue weighted by Crippen LogP contribution is 2.26. The first-order chi connectivity index (χ1) is 10.0. The van der Waals surface area contributed by atoms with E-state index in [2.05, 4.69) is 47.0 Å². The first-order valence-electron chi connectivity index (χ1n) is 7.47. The third kappa shape index (κ3) is 3.95. The standard InChI is InChI=1S/C17H23BrN2O/c1-4-20-16(17(18)13(3)19-20)11-15(21)10-12(2)14-8-6-5-7-9-14/h5-9,12,15,21H,4,10-11H2,1-3H3. The molecule has 1 aromatic carbocycles. The van der Waals surface area contributed by atoms with E-state index in [1.165, 1.54) is 5.56 Å². The summed E-state index contributed by atoms with van der Waals surface area (Å²) in [5, 5.41) is 14.9. The number of aryl methyl sites for hydroxylation is 2. The molecule has 114 valence electrons. The number of nitrogens with zero attached hydrogens (tertiary/aromatic N) is 2. The van der Waals surface area contributed by atoms with Gasteiger partial charge in [0.05, 0.1) is 22.0 Å². The Balaban J connectivity index is 2.04. The molecule has 0 saturated heterocycles. The van der Waals surface area contributed by atoms with Crippen LogP contribution in [-0.2, 0) is 13.0 Å². The largest absolute Gasteiger partial charge is 0.393 e. The van der Waals surface area contributed by atoms with Crippen LogP contribution in [0.1, 0.15) is 43.1 Å². The fraction of sp³-hybridized carbons (Fsp3) is 0.471. The predicted molar refractivity (Wildman–Crippen MR) is 89.5 cm³/mol. The van der Waals surface area contributed by atoms with E-state index < -0.39 is 0 Å². The molecule has 2 unspecified atom stereocenters. The number of hydrogen-bond acceptors (Lipinski definition) is 2. The minimum absolute atomic E-state index is 0.346. The lowest BCUT2D eigenvalue weighted by Crippen LogP contribution is -2.17. The maximum Gasteiger partial charge on any atom is 0.0738 e. The summed E-state index contributed by atoms with van der Waals surface area (Å²) >= 11 is 3.59. The van der Waals surface area contributed by atoms with Crippen molar-refractivity contribution >= 4 is 15.9 Å². The van der Waals surface area contributed by atoms with Gasteiger partial charge in [-0.3, -0.25) is 4.68 Å². The van der Waals surface area contributed by atoms with Gasteiger partial charge in [0.1, 0.15) is 0 Å². The second-order valence-corrected chi connectivity index (χ2v) is 6.36. The molecule has 1 aromatic heterocycles. The topological polar surface area (TPSA) is 38.0 Å². The van der Waals surface area contributed by atoms with Crippen LogP contribution in [0.25, 0.3) is 0 Å². The second-order valence-electron chi connectivity index (χ2n) is 5.57. The van der Waals surface area contributed by atoms with Crippen molar-refractivity contribution in [3.05, 3.63) is 51.8 Å². The normalized spacial score (nSPS) is 14.1. The third-order valence-electron chi connectivity index (χ3n) is 3.88. The van der Waals surface area contributed by atoms with Crippen LogP contribution in [0.3, 0.4) is 0 Å². The van der Waals surface area contributed by atoms with Crippen LogP contribution in [-0.4, -0.2) is 21.0 Å². The van der Waals surface area contributed by atoms with E-state index >= 15 is 0 Å². The van der Waals surface area contributed by atoms with Crippen molar-refractivity contribution in [3.8, 4) is 0 Å². The zero-order valence-electron chi connectivity index (χ0n) is 12.9. The molecule has 21 heavy (non-hydrogen) atoms. The number of aliphatic hydroxyl groups is 1. The molecule has 2 atom stereocenters. The summed E-state index contributed by atoms with van der Waals surface area (Å²) in [5.74, 6) is 0.346. The summed E-state index contributed by atoms with van der Waals surface area (Å²) in [5.41, 5.74) is 3.34. The summed E-state index contributed by atoms with van der Waals surface area (Å²) in [4.78, 5) is 0. The molecule has 3 nitrogen and oxygen atoms in total. The first kappa shape index (κ1) is 16.2. The summed E-state index contributed by atoms with van der Waals surface area (Å²) in [6.07, 6.45) is 1.02. The number of aliphatic hydroxyl groups excluding tert-OH is 1. The van der Waals surface area contributed by atoms with E-state index in [4.69, 9.17) is 0 Å². The number of benzene rings is 1. The molecule has 1 heterocycles. The van der Waals surface area contributed by atoms with Crippen molar-refractivity contribution in [2.24, 2.45) is 0 Å². The molecular formula is C17H23BrN2O. The quantitative estimate of drug-likeness (QED) is 0.852. The number of hydrogen-bond donors (Lipinski definition) is 1. The highest BCUT2D eigenvalue weighted by molar-refractivity contribution is 9.10. The number of aromatic nitrogens is 2.